The maximum absolute atomic E-state index is 13.2. The molecule has 1 heterocycles. The maximum Gasteiger partial charge on any atom is 0.230 e. The highest BCUT2D eigenvalue weighted by atomic mass is 32.2. The third-order valence-electron chi connectivity index (χ3n) is 4.82. The topological polar surface area (TPSA) is 59.1 Å². The first-order valence-electron chi connectivity index (χ1n) is 10.7. The molecule has 0 atom stereocenters. The van der Waals surface area contributed by atoms with E-state index in [1.807, 2.05) is 72.8 Å². The average molecular weight is 473 g/mol. The summed E-state index contributed by atoms with van der Waals surface area (Å²) < 4.78 is 0. The zero-order chi connectivity index (χ0) is 23.2. The van der Waals surface area contributed by atoms with Crippen LogP contribution in [0, 0.1) is 0 Å². The first kappa shape index (κ1) is 23.0. The highest BCUT2D eigenvalue weighted by Gasteiger charge is 2.21. The van der Waals surface area contributed by atoms with Crippen LogP contribution in [0.4, 0.5) is 5.13 Å². The Labute approximate surface area is 202 Å². The fourth-order valence-corrected chi connectivity index (χ4v) is 5.15. The minimum Gasteiger partial charge on any atom is -0.302 e. The summed E-state index contributed by atoms with van der Waals surface area (Å²) in [6, 6.07) is 26.7. The lowest BCUT2D eigenvalue weighted by Crippen LogP contribution is -2.14. The summed E-state index contributed by atoms with van der Waals surface area (Å²) in [4.78, 5) is 32.2. The van der Waals surface area contributed by atoms with Crippen LogP contribution in [-0.2, 0) is 11.2 Å². The number of nitrogens with zero attached hydrogens (tertiary/aromatic N) is 1. The molecular weight excluding hydrogens is 448 g/mol. The molecule has 0 bridgehead atoms. The molecule has 3 aromatic carbocycles. The fourth-order valence-electron chi connectivity index (χ4n) is 3.35. The quantitative estimate of drug-likeness (QED) is 0.228. The first-order chi connectivity index (χ1) is 16.0. The Bertz CT molecular complexity index is 1230. The molecule has 0 saturated heterocycles. The van der Waals surface area contributed by atoms with Crippen LogP contribution >= 0.6 is 23.1 Å². The van der Waals surface area contributed by atoms with Gasteiger partial charge < -0.3 is 5.32 Å². The van der Waals surface area contributed by atoms with E-state index in [0.717, 1.165) is 11.1 Å². The van der Waals surface area contributed by atoms with Gasteiger partial charge in [-0.3, -0.25) is 9.59 Å². The second-order valence-electron chi connectivity index (χ2n) is 7.79. The van der Waals surface area contributed by atoms with Crippen LogP contribution in [0.5, 0.6) is 0 Å². The molecule has 0 fully saturated rings. The van der Waals surface area contributed by atoms with Crippen molar-refractivity contribution in [2.24, 2.45) is 0 Å². The van der Waals surface area contributed by atoms with Crippen LogP contribution in [0.1, 0.15) is 34.6 Å². The Morgan fingerprint density at radius 2 is 1.55 bits per heavy atom. The van der Waals surface area contributed by atoms with Gasteiger partial charge in [-0.1, -0.05) is 98.0 Å². The molecule has 0 saturated carbocycles. The van der Waals surface area contributed by atoms with Gasteiger partial charge >= 0.3 is 0 Å². The van der Waals surface area contributed by atoms with Crippen molar-refractivity contribution >= 4 is 39.9 Å². The Morgan fingerprint density at radius 3 is 2.18 bits per heavy atom. The minimum absolute atomic E-state index is 0.106. The molecule has 0 spiro atoms. The molecule has 4 aromatic rings. The van der Waals surface area contributed by atoms with Crippen molar-refractivity contribution in [3.63, 3.8) is 0 Å². The number of hydrogen-bond acceptors (Lipinski definition) is 5. The summed E-state index contributed by atoms with van der Waals surface area (Å²) in [5.74, 6) is -0.267. The van der Waals surface area contributed by atoms with Crippen LogP contribution in [0.15, 0.2) is 89.8 Å². The van der Waals surface area contributed by atoms with Crippen molar-refractivity contribution in [3.05, 3.63) is 101 Å². The van der Waals surface area contributed by atoms with Crippen LogP contribution in [0.3, 0.4) is 0 Å². The molecular formula is C27H24N2O2S2. The molecule has 6 heteroatoms. The molecule has 166 valence electrons. The van der Waals surface area contributed by atoms with E-state index in [4.69, 9.17) is 0 Å². The third-order valence-corrected chi connectivity index (χ3v) is 6.81. The Kier molecular flexibility index (Phi) is 7.37. The fraction of sp³-hybridized carbons (Fsp3) is 0.148. The molecule has 0 radical (unpaired) electrons. The van der Waals surface area contributed by atoms with E-state index in [9.17, 15) is 9.59 Å². The number of thioether (sulfide) groups is 1. The van der Waals surface area contributed by atoms with Crippen molar-refractivity contribution in [2.75, 3.05) is 5.32 Å². The van der Waals surface area contributed by atoms with Gasteiger partial charge in [0.25, 0.3) is 0 Å². The molecule has 1 amide bonds. The SMILES string of the molecule is CC(C)Sc1ccc(CC(=O)Nc2nc(-c3ccccc3)c(C(=O)c3ccccc3)s2)cc1. The second-order valence-corrected chi connectivity index (χ2v) is 10.4. The maximum atomic E-state index is 13.2. The van der Waals surface area contributed by atoms with Crippen molar-refractivity contribution in [2.45, 2.75) is 30.4 Å². The standard InChI is InChI=1S/C27H24N2O2S2/c1-18(2)32-22-15-13-19(14-16-22)17-23(30)28-27-29-24(20-9-5-3-6-10-20)26(33-27)25(31)21-11-7-4-8-12-21/h3-16,18H,17H2,1-2H3,(H,28,29,30). The number of anilines is 1. The van der Waals surface area contributed by atoms with Crippen LogP contribution in [0.2, 0.25) is 0 Å². The minimum atomic E-state index is -0.161. The number of thiazole rings is 1. The lowest BCUT2D eigenvalue weighted by molar-refractivity contribution is -0.115. The molecule has 4 nitrogen and oxygen atoms in total. The summed E-state index contributed by atoms with van der Waals surface area (Å²) in [6.45, 7) is 4.31. The highest BCUT2D eigenvalue weighted by Crippen LogP contribution is 2.33. The van der Waals surface area contributed by atoms with Gasteiger partial charge in [-0.25, -0.2) is 4.98 Å². The van der Waals surface area contributed by atoms with Gasteiger partial charge in [0.1, 0.15) is 4.88 Å². The van der Waals surface area contributed by atoms with E-state index < -0.39 is 0 Å². The predicted molar refractivity (Wildman–Crippen MR) is 137 cm³/mol. The molecule has 0 aliphatic heterocycles. The molecule has 0 unspecified atom stereocenters. The van der Waals surface area contributed by atoms with Crippen LogP contribution in [0.25, 0.3) is 11.3 Å². The number of nitrogens with one attached hydrogen (secondary N) is 1. The van der Waals surface area contributed by atoms with Crippen molar-refractivity contribution in [1.82, 2.24) is 4.98 Å². The normalized spacial score (nSPS) is 10.9. The van der Waals surface area contributed by atoms with E-state index in [1.165, 1.54) is 16.2 Å². The summed E-state index contributed by atoms with van der Waals surface area (Å²) >= 11 is 3.00. The smallest absolute Gasteiger partial charge is 0.230 e. The summed E-state index contributed by atoms with van der Waals surface area (Å²) in [7, 11) is 0. The number of carbonyl (C=O) groups is 2. The molecule has 33 heavy (non-hydrogen) atoms. The number of aromatic nitrogens is 1. The van der Waals surface area contributed by atoms with Crippen molar-refractivity contribution in [1.29, 1.82) is 0 Å². The number of ketones is 1. The van der Waals surface area contributed by atoms with E-state index in [0.29, 0.717) is 26.5 Å². The number of amides is 1. The number of carbonyl (C=O) groups excluding carboxylic acids is 2. The van der Waals surface area contributed by atoms with Gasteiger partial charge in [0.05, 0.1) is 12.1 Å². The Hall–Kier alpha value is -3.22. The Balaban J connectivity index is 1.55. The summed E-state index contributed by atoms with van der Waals surface area (Å²) in [6.07, 6.45) is 0.245. The summed E-state index contributed by atoms with van der Waals surface area (Å²) in [5, 5.41) is 3.82. The lowest BCUT2D eigenvalue weighted by atomic mass is 10.1. The Morgan fingerprint density at radius 1 is 0.909 bits per heavy atom. The molecule has 1 N–H and O–H groups in total. The zero-order valence-electron chi connectivity index (χ0n) is 18.4. The van der Waals surface area contributed by atoms with E-state index in [2.05, 4.69) is 24.1 Å². The van der Waals surface area contributed by atoms with Crippen molar-refractivity contribution in [3.8, 4) is 11.3 Å². The monoisotopic (exact) mass is 472 g/mol. The largest absolute Gasteiger partial charge is 0.302 e. The lowest BCUT2D eigenvalue weighted by Gasteiger charge is -2.06. The number of rotatable bonds is 8. The second kappa shape index (κ2) is 10.6. The van der Waals surface area contributed by atoms with Gasteiger partial charge in [-0.15, -0.1) is 11.8 Å². The molecule has 1 aromatic heterocycles. The van der Waals surface area contributed by atoms with Gasteiger partial charge in [0, 0.05) is 21.3 Å². The van der Waals surface area contributed by atoms with Crippen LogP contribution in [-0.4, -0.2) is 21.9 Å². The van der Waals surface area contributed by atoms with E-state index >= 15 is 0 Å². The molecule has 4 rings (SSSR count). The number of benzene rings is 3. The highest BCUT2D eigenvalue weighted by molar-refractivity contribution is 7.99. The molecule has 0 aliphatic rings. The first-order valence-corrected chi connectivity index (χ1v) is 12.4. The zero-order valence-corrected chi connectivity index (χ0v) is 20.1. The van der Waals surface area contributed by atoms with Gasteiger partial charge in [0.2, 0.25) is 11.7 Å². The van der Waals surface area contributed by atoms with Gasteiger partial charge in [-0.2, -0.15) is 0 Å². The van der Waals surface area contributed by atoms with E-state index in [1.54, 1.807) is 23.9 Å². The van der Waals surface area contributed by atoms with E-state index in [-0.39, 0.29) is 18.1 Å². The van der Waals surface area contributed by atoms with Gasteiger partial charge in [0.15, 0.2) is 5.13 Å². The third kappa shape index (κ3) is 5.97. The predicted octanol–water partition coefficient (Wildman–Crippen LogP) is 6.72. The summed E-state index contributed by atoms with van der Waals surface area (Å²) in [5.41, 5.74) is 2.95. The molecule has 0 aliphatic carbocycles. The number of hydrogen-bond donors (Lipinski definition) is 1. The van der Waals surface area contributed by atoms with Gasteiger partial charge in [-0.05, 0) is 17.7 Å². The van der Waals surface area contributed by atoms with Crippen molar-refractivity contribution < 1.29 is 9.59 Å². The average Bonchev–Trinajstić information content (AvgIpc) is 3.24. The van der Waals surface area contributed by atoms with Crippen LogP contribution < -0.4 is 5.32 Å².